The zero-order chi connectivity index (χ0) is 11.4. The van der Waals surface area contributed by atoms with Crippen molar-refractivity contribution in [1.82, 2.24) is 0 Å². The van der Waals surface area contributed by atoms with Gasteiger partial charge in [-0.3, -0.25) is 0 Å². The number of aryl methyl sites for hydroxylation is 2. The topological polar surface area (TPSA) is 20.2 Å². The summed E-state index contributed by atoms with van der Waals surface area (Å²) >= 11 is 1.82. The van der Waals surface area contributed by atoms with Gasteiger partial charge >= 0.3 is 0 Å². The second kappa shape index (κ2) is 5.65. The predicted molar refractivity (Wildman–Crippen MR) is 70.0 cm³/mol. The summed E-state index contributed by atoms with van der Waals surface area (Å²) in [5, 5.41) is 10.0. The van der Waals surface area contributed by atoms with Crippen molar-refractivity contribution in [3.8, 4) is 0 Å². The molecule has 0 radical (unpaired) electrons. The molecule has 0 saturated carbocycles. The summed E-state index contributed by atoms with van der Waals surface area (Å²) in [7, 11) is 0. The molecule has 0 bridgehead atoms. The normalized spacial score (nSPS) is 17.6. The van der Waals surface area contributed by atoms with Crippen LogP contribution in [0.25, 0.3) is 0 Å². The molecule has 2 heteroatoms. The standard InChI is InChI=1S/C14H20OS/c1-2-3-8-12(15)14-10-11-7-5-4-6-9-13(11)16-14/h2,10,12,15H,1,3-9H2. The van der Waals surface area contributed by atoms with Gasteiger partial charge in [0.25, 0.3) is 0 Å². The number of allylic oxidation sites excluding steroid dienone is 1. The summed E-state index contributed by atoms with van der Waals surface area (Å²) in [6, 6.07) is 2.24. The van der Waals surface area contributed by atoms with Crippen LogP contribution in [0.3, 0.4) is 0 Å². The van der Waals surface area contributed by atoms with Gasteiger partial charge in [-0.25, -0.2) is 0 Å². The molecule has 1 nitrogen and oxygen atoms in total. The largest absolute Gasteiger partial charge is 0.388 e. The third-order valence-electron chi connectivity index (χ3n) is 3.24. The maximum atomic E-state index is 10.0. The van der Waals surface area contributed by atoms with Crippen molar-refractivity contribution < 1.29 is 5.11 Å². The van der Waals surface area contributed by atoms with Crippen LogP contribution in [0, 0.1) is 0 Å². The second-order valence-corrected chi connectivity index (χ2v) is 5.71. The smallest absolute Gasteiger partial charge is 0.0885 e. The first-order valence-corrected chi connectivity index (χ1v) is 7.03. The van der Waals surface area contributed by atoms with Gasteiger partial charge in [0.1, 0.15) is 0 Å². The fourth-order valence-corrected chi connectivity index (χ4v) is 3.55. The van der Waals surface area contributed by atoms with Crippen LogP contribution >= 0.6 is 11.3 Å². The van der Waals surface area contributed by atoms with Gasteiger partial charge in [-0.15, -0.1) is 17.9 Å². The van der Waals surface area contributed by atoms with E-state index in [1.807, 2.05) is 17.4 Å². The third-order valence-corrected chi connectivity index (χ3v) is 4.58. The molecule has 1 atom stereocenters. The van der Waals surface area contributed by atoms with Gasteiger partial charge in [-0.2, -0.15) is 0 Å². The molecule has 1 aliphatic rings. The molecule has 0 aromatic carbocycles. The number of hydrogen-bond acceptors (Lipinski definition) is 2. The van der Waals surface area contributed by atoms with Gasteiger partial charge in [-0.05, 0) is 50.2 Å². The Morgan fingerprint density at radius 1 is 1.38 bits per heavy atom. The van der Waals surface area contributed by atoms with E-state index in [-0.39, 0.29) is 6.10 Å². The lowest BCUT2D eigenvalue weighted by atomic mass is 10.1. The van der Waals surface area contributed by atoms with Gasteiger partial charge in [0.05, 0.1) is 6.10 Å². The summed E-state index contributed by atoms with van der Waals surface area (Å²) < 4.78 is 0. The van der Waals surface area contributed by atoms with E-state index >= 15 is 0 Å². The minimum Gasteiger partial charge on any atom is -0.388 e. The van der Waals surface area contributed by atoms with Crippen LogP contribution < -0.4 is 0 Å². The summed E-state index contributed by atoms with van der Waals surface area (Å²) in [5.74, 6) is 0. The molecule has 0 spiro atoms. The fourth-order valence-electron chi connectivity index (χ4n) is 2.27. The third kappa shape index (κ3) is 2.74. The molecular weight excluding hydrogens is 216 g/mol. The van der Waals surface area contributed by atoms with Crippen molar-refractivity contribution >= 4 is 11.3 Å². The molecule has 2 rings (SSSR count). The van der Waals surface area contributed by atoms with Gasteiger partial charge in [0.2, 0.25) is 0 Å². The first-order chi connectivity index (χ1) is 7.81. The van der Waals surface area contributed by atoms with Crippen LogP contribution in [0.2, 0.25) is 0 Å². The van der Waals surface area contributed by atoms with Crippen molar-refractivity contribution in [2.75, 3.05) is 0 Å². The Bertz CT molecular complexity index is 330. The Balaban J connectivity index is 2.08. The highest BCUT2D eigenvalue weighted by molar-refractivity contribution is 7.12. The van der Waals surface area contributed by atoms with Crippen LogP contribution in [0.5, 0.6) is 0 Å². The second-order valence-electron chi connectivity index (χ2n) is 4.54. The van der Waals surface area contributed by atoms with Gasteiger partial charge in [0, 0.05) is 9.75 Å². The van der Waals surface area contributed by atoms with E-state index in [0.717, 1.165) is 17.7 Å². The molecule has 1 aromatic rings. The molecule has 0 saturated heterocycles. The zero-order valence-electron chi connectivity index (χ0n) is 9.74. The minimum atomic E-state index is -0.282. The van der Waals surface area contributed by atoms with E-state index in [1.54, 1.807) is 0 Å². The summed E-state index contributed by atoms with van der Waals surface area (Å²) in [4.78, 5) is 2.68. The van der Waals surface area contributed by atoms with Crippen molar-refractivity contribution in [3.05, 3.63) is 34.0 Å². The lowest BCUT2D eigenvalue weighted by Crippen LogP contribution is -1.93. The van der Waals surface area contributed by atoms with Crippen molar-refractivity contribution in [2.24, 2.45) is 0 Å². The van der Waals surface area contributed by atoms with Crippen LogP contribution in [-0.4, -0.2) is 5.11 Å². The van der Waals surface area contributed by atoms with E-state index < -0.39 is 0 Å². The zero-order valence-corrected chi connectivity index (χ0v) is 10.6. The Morgan fingerprint density at radius 3 is 3.00 bits per heavy atom. The lowest BCUT2D eigenvalue weighted by Gasteiger charge is -2.05. The van der Waals surface area contributed by atoms with Crippen molar-refractivity contribution in [3.63, 3.8) is 0 Å². The Morgan fingerprint density at radius 2 is 2.19 bits per heavy atom. The van der Waals surface area contributed by atoms with Crippen molar-refractivity contribution in [1.29, 1.82) is 0 Å². The fraction of sp³-hybridized carbons (Fsp3) is 0.571. The molecular formula is C14H20OS. The van der Waals surface area contributed by atoms with Gasteiger partial charge in [-0.1, -0.05) is 12.5 Å². The lowest BCUT2D eigenvalue weighted by molar-refractivity contribution is 0.172. The van der Waals surface area contributed by atoms with E-state index in [0.29, 0.717) is 0 Å². The highest BCUT2D eigenvalue weighted by Gasteiger charge is 2.16. The number of hydrogen-bond donors (Lipinski definition) is 1. The molecule has 1 heterocycles. The van der Waals surface area contributed by atoms with Gasteiger partial charge < -0.3 is 5.11 Å². The highest BCUT2D eigenvalue weighted by Crippen LogP contribution is 2.33. The molecule has 0 amide bonds. The maximum Gasteiger partial charge on any atom is 0.0885 e. The molecule has 1 aromatic heterocycles. The molecule has 1 aliphatic carbocycles. The van der Waals surface area contributed by atoms with Crippen LogP contribution in [0.15, 0.2) is 18.7 Å². The average molecular weight is 236 g/mol. The SMILES string of the molecule is C=CCCC(O)c1cc2c(s1)CCCCC2. The maximum absolute atomic E-state index is 10.0. The van der Waals surface area contributed by atoms with E-state index in [4.69, 9.17) is 0 Å². The van der Waals surface area contributed by atoms with Crippen molar-refractivity contribution in [2.45, 2.75) is 51.0 Å². The molecule has 88 valence electrons. The number of fused-ring (bicyclic) bond motifs is 1. The number of thiophene rings is 1. The molecule has 1 unspecified atom stereocenters. The Labute approximate surface area is 102 Å². The Kier molecular flexibility index (Phi) is 4.19. The first-order valence-electron chi connectivity index (χ1n) is 6.21. The van der Waals surface area contributed by atoms with E-state index in [2.05, 4.69) is 12.6 Å². The highest BCUT2D eigenvalue weighted by atomic mass is 32.1. The van der Waals surface area contributed by atoms with Crippen LogP contribution in [0.1, 0.15) is 53.5 Å². The first kappa shape index (κ1) is 11.9. The molecule has 16 heavy (non-hydrogen) atoms. The predicted octanol–water partition coefficient (Wildman–Crippen LogP) is 4.02. The number of aliphatic hydroxyl groups excluding tert-OH is 1. The molecule has 0 aliphatic heterocycles. The minimum absolute atomic E-state index is 0.282. The molecule has 1 N–H and O–H groups in total. The number of aliphatic hydroxyl groups is 1. The summed E-state index contributed by atoms with van der Waals surface area (Å²) in [5.41, 5.74) is 1.50. The van der Waals surface area contributed by atoms with E-state index in [9.17, 15) is 5.11 Å². The average Bonchev–Trinajstić information content (AvgIpc) is 2.58. The quantitative estimate of drug-likeness (QED) is 0.618. The van der Waals surface area contributed by atoms with Crippen LogP contribution in [-0.2, 0) is 12.8 Å². The monoisotopic (exact) mass is 236 g/mol. The Hall–Kier alpha value is -0.600. The van der Waals surface area contributed by atoms with Gasteiger partial charge in [0.15, 0.2) is 0 Å². The number of rotatable bonds is 4. The summed E-state index contributed by atoms with van der Waals surface area (Å²) in [6.07, 6.45) is 9.70. The molecule has 0 fully saturated rings. The van der Waals surface area contributed by atoms with E-state index in [1.165, 1.54) is 42.5 Å². The summed E-state index contributed by atoms with van der Waals surface area (Å²) in [6.45, 7) is 3.70. The van der Waals surface area contributed by atoms with Crippen LogP contribution in [0.4, 0.5) is 0 Å².